The number of hydrogen-bond donors (Lipinski definition) is 1. The molecule has 4 heteroatoms. The predicted molar refractivity (Wildman–Crippen MR) is 114 cm³/mol. The molecule has 1 atom stereocenters. The second kappa shape index (κ2) is 8.86. The molecule has 1 saturated carbocycles. The fraction of sp³-hybridized carbons (Fsp3) is 0.520. The first-order valence-corrected chi connectivity index (χ1v) is 11.0. The third-order valence-electron chi connectivity index (χ3n) is 6.77. The number of amides is 2. The topological polar surface area (TPSA) is 49.4 Å². The molecule has 0 bridgehead atoms. The van der Waals surface area contributed by atoms with E-state index in [9.17, 15) is 9.59 Å². The van der Waals surface area contributed by atoms with E-state index in [-0.39, 0.29) is 23.1 Å². The van der Waals surface area contributed by atoms with Gasteiger partial charge in [-0.1, -0.05) is 35.8 Å². The van der Waals surface area contributed by atoms with Gasteiger partial charge in [0.1, 0.15) is 0 Å². The lowest BCUT2D eigenvalue weighted by Gasteiger charge is -2.31. The Hall–Kier alpha value is -2.54. The minimum absolute atomic E-state index is 0.105. The van der Waals surface area contributed by atoms with E-state index in [4.69, 9.17) is 0 Å². The van der Waals surface area contributed by atoms with E-state index in [1.165, 1.54) is 31.3 Å². The Labute approximate surface area is 173 Å². The minimum Gasteiger partial charge on any atom is -0.356 e. The number of benzene rings is 1. The molecule has 0 aromatic heterocycles. The maximum Gasteiger partial charge on any atom is 0.298 e. The summed E-state index contributed by atoms with van der Waals surface area (Å²) in [5.74, 6) is 5.95. The van der Waals surface area contributed by atoms with Crippen molar-refractivity contribution in [3.63, 3.8) is 0 Å². The van der Waals surface area contributed by atoms with Gasteiger partial charge in [-0.25, -0.2) is 0 Å². The number of nitrogens with one attached hydrogen (secondary N) is 1. The van der Waals surface area contributed by atoms with Gasteiger partial charge in [0.25, 0.3) is 5.91 Å². The van der Waals surface area contributed by atoms with Gasteiger partial charge in [-0.3, -0.25) is 9.59 Å². The molecule has 1 N–H and O–H groups in total. The average Bonchev–Trinajstić information content (AvgIpc) is 3.47. The van der Waals surface area contributed by atoms with Gasteiger partial charge in [-0.05, 0) is 68.9 Å². The Bertz CT molecular complexity index is 839. The molecule has 1 aromatic carbocycles. The molecule has 1 spiro atoms. The van der Waals surface area contributed by atoms with Crippen LogP contribution >= 0.6 is 0 Å². The summed E-state index contributed by atoms with van der Waals surface area (Å²) < 4.78 is 0. The number of rotatable bonds is 4. The largest absolute Gasteiger partial charge is 0.356 e. The molecule has 0 radical (unpaired) electrons. The van der Waals surface area contributed by atoms with Crippen molar-refractivity contribution in [1.82, 2.24) is 10.2 Å². The Balaban J connectivity index is 1.20. The second-order valence-corrected chi connectivity index (χ2v) is 8.68. The summed E-state index contributed by atoms with van der Waals surface area (Å²) in [4.78, 5) is 26.8. The zero-order valence-corrected chi connectivity index (χ0v) is 17.1. The minimum atomic E-state index is -0.105. The second-order valence-electron chi connectivity index (χ2n) is 8.68. The quantitative estimate of drug-likeness (QED) is 0.630. The van der Waals surface area contributed by atoms with Crippen molar-refractivity contribution in [2.24, 2.45) is 11.3 Å². The van der Waals surface area contributed by atoms with Crippen LogP contribution in [-0.4, -0.2) is 36.3 Å². The molecule has 4 nitrogen and oxygen atoms in total. The molecule has 1 aliphatic heterocycles. The molecule has 2 amide bonds. The maximum absolute atomic E-state index is 12.6. The first kappa shape index (κ1) is 19.8. The SMILES string of the molecule is O=C(NCCC1=CCCCC1)[C@H]1CC12CCN(C(=O)C#Cc1ccccc1)CC2. The molecular formula is C25H30N2O2. The fourth-order valence-corrected chi connectivity index (χ4v) is 4.75. The summed E-state index contributed by atoms with van der Waals surface area (Å²) >= 11 is 0. The van der Waals surface area contributed by atoms with Gasteiger partial charge in [-0.15, -0.1) is 0 Å². The molecule has 1 aromatic rings. The smallest absolute Gasteiger partial charge is 0.298 e. The third-order valence-corrected chi connectivity index (χ3v) is 6.77. The average molecular weight is 391 g/mol. The molecule has 1 heterocycles. The van der Waals surface area contributed by atoms with Crippen LogP contribution in [-0.2, 0) is 9.59 Å². The van der Waals surface area contributed by atoms with Crippen molar-refractivity contribution in [1.29, 1.82) is 0 Å². The maximum atomic E-state index is 12.6. The summed E-state index contributed by atoms with van der Waals surface area (Å²) in [7, 11) is 0. The highest BCUT2D eigenvalue weighted by atomic mass is 16.2. The first-order chi connectivity index (χ1) is 14.2. The van der Waals surface area contributed by atoms with E-state index in [1.807, 2.05) is 35.2 Å². The van der Waals surface area contributed by atoms with E-state index in [0.29, 0.717) is 13.1 Å². The van der Waals surface area contributed by atoms with Crippen LogP contribution in [0.3, 0.4) is 0 Å². The Morgan fingerprint density at radius 2 is 1.93 bits per heavy atom. The molecular weight excluding hydrogens is 360 g/mol. The molecule has 2 aliphatic carbocycles. The summed E-state index contributed by atoms with van der Waals surface area (Å²) in [6.07, 6.45) is 11.1. The summed E-state index contributed by atoms with van der Waals surface area (Å²) in [6.45, 7) is 2.18. The number of hydrogen-bond acceptors (Lipinski definition) is 2. The Kier molecular flexibility index (Phi) is 6.04. The standard InChI is InChI=1S/C25H30N2O2/c28-23(12-11-20-7-3-1-4-8-20)27-17-14-25(15-18-27)19-22(25)24(29)26-16-13-21-9-5-2-6-10-21/h1,3-4,7-9,22H,2,5-6,10,13-19H2,(H,26,29)/t22-/m1/s1. The number of carbonyl (C=O) groups is 2. The highest BCUT2D eigenvalue weighted by Gasteiger charge is 2.58. The van der Waals surface area contributed by atoms with E-state index in [0.717, 1.165) is 37.8 Å². The van der Waals surface area contributed by atoms with Gasteiger partial charge >= 0.3 is 0 Å². The van der Waals surface area contributed by atoms with E-state index in [2.05, 4.69) is 23.2 Å². The molecule has 29 heavy (non-hydrogen) atoms. The Morgan fingerprint density at radius 1 is 1.14 bits per heavy atom. The van der Waals surface area contributed by atoms with Gasteiger partial charge in [0.05, 0.1) is 0 Å². The van der Waals surface area contributed by atoms with Gasteiger partial charge < -0.3 is 10.2 Å². The van der Waals surface area contributed by atoms with Gasteiger partial charge in [0, 0.05) is 37.0 Å². The zero-order valence-electron chi connectivity index (χ0n) is 17.1. The summed E-state index contributed by atoms with van der Waals surface area (Å²) in [5, 5.41) is 3.15. The van der Waals surface area contributed by atoms with E-state index in [1.54, 1.807) is 0 Å². The fourth-order valence-electron chi connectivity index (χ4n) is 4.75. The van der Waals surface area contributed by atoms with Crippen LogP contribution < -0.4 is 5.32 Å². The van der Waals surface area contributed by atoms with Gasteiger partial charge in [-0.2, -0.15) is 0 Å². The summed E-state index contributed by atoms with van der Waals surface area (Å²) in [5.41, 5.74) is 2.49. The molecule has 2 fully saturated rings. The van der Waals surface area contributed by atoms with Crippen LogP contribution in [0.1, 0.15) is 56.9 Å². The highest BCUT2D eigenvalue weighted by Crippen LogP contribution is 2.59. The number of allylic oxidation sites excluding steroid dienone is 1. The van der Waals surface area contributed by atoms with Crippen LogP contribution in [0.25, 0.3) is 0 Å². The van der Waals surface area contributed by atoms with Crippen LogP contribution in [0.2, 0.25) is 0 Å². The molecule has 3 aliphatic rings. The van der Waals surface area contributed by atoms with Crippen molar-refractivity contribution < 1.29 is 9.59 Å². The van der Waals surface area contributed by atoms with Crippen molar-refractivity contribution in [2.45, 2.75) is 51.4 Å². The predicted octanol–water partition coefficient (Wildman–Crippen LogP) is 3.67. The summed E-state index contributed by atoms with van der Waals surface area (Å²) in [6, 6.07) is 9.59. The van der Waals surface area contributed by atoms with Crippen molar-refractivity contribution in [3.8, 4) is 11.8 Å². The lowest BCUT2D eigenvalue weighted by molar-refractivity contribution is -0.127. The number of nitrogens with zero attached hydrogens (tertiary/aromatic N) is 1. The van der Waals surface area contributed by atoms with Crippen LogP contribution in [0.4, 0.5) is 0 Å². The van der Waals surface area contributed by atoms with Gasteiger partial charge in [0.2, 0.25) is 5.91 Å². The van der Waals surface area contributed by atoms with Crippen LogP contribution in [0.15, 0.2) is 42.0 Å². The van der Waals surface area contributed by atoms with Crippen molar-refractivity contribution in [2.75, 3.05) is 19.6 Å². The normalized spacial score (nSPS) is 22.3. The number of carbonyl (C=O) groups excluding carboxylic acids is 2. The zero-order chi connectivity index (χ0) is 20.1. The third kappa shape index (κ3) is 4.90. The van der Waals surface area contributed by atoms with E-state index >= 15 is 0 Å². The molecule has 4 rings (SSSR count). The van der Waals surface area contributed by atoms with Crippen LogP contribution in [0, 0.1) is 23.2 Å². The lowest BCUT2D eigenvalue weighted by Crippen LogP contribution is -2.40. The van der Waals surface area contributed by atoms with Crippen LogP contribution in [0.5, 0.6) is 0 Å². The molecule has 1 saturated heterocycles. The van der Waals surface area contributed by atoms with Crippen molar-refractivity contribution in [3.05, 3.63) is 47.5 Å². The van der Waals surface area contributed by atoms with E-state index < -0.39 is 0 Å². The van der Waals surface area contributed by atoms with Gasteiger partial charge in [0.15, 0.2) is 0 Å². The number of likely N-dealkylation sites (tertiary alicyclic amines) is 1. The monoisotopic (exact) mass is 390 g/mol. The molecule has 152 valence electrons. The number of piperidine rings is 1. The lowest BCUT2D eigenvalue weighted by atomic mass is 9.90. The first-order valence-electron chi connectivity index (χ1n) is 11.0. The van der Waals surface area contributed by atoms with Crippen molar-refractivity contribution >= 4 is 11.8 Å². The Morgan fingerprint density at radius 3 is 2.66 bits per heavy atom. The highest BCUT2D eigenvalue weighted by molar-refractivity contribution is 5.94. The molecule has 0 unspecified atom stereocenters.